The maximum Gasteiger partial charge on any atom is 0.260 e. The first-order chi connectivity index (χ1) is 22.7. The largest absolute Gasteiger partial charge is 0.497 e. The number of hydrogen-bond donors (Lipinski definition) is 2. The Labute approximate surface area is 279 Å². The quantitative estimate of drug-likeness (QED) is 0.191. The van der Waals surface area contributed by atoms with Crippen LogP contribution in [-0.2, 0) is 17.8 Å². The molecule has 246 valence electrons. The molecule has 11 nitrogen and oxygen atoms in total. The second kappa shape index (κ2) is 15.1. The van der Waals surface area contributed by atoms with E-state index in [1.54, 1.807) is 49.1 Å². The number of hydrogen-bond acceptors (Lipinski definition) is 9. The number of halogens is 1. The Bertz CT molecular complexity index is 1830. The highest BCUT2D eigenvalue weighted by molar-refractivity contribution is 6.35. The standard InChI is InChI=1S/C35H40ClN7O4/c1-6-23(2)39-27-9-7-25(8-10-27)11-13-43-33-26(19-30(34(43)45)29-20-28(46-4)21-31(47-5)32(29)36)22-38-35(40-33)37-12-14-41-15-17-42(18-16-41)24(3)44/h6-10,19-22,39H,1-2,11-18H2,3-5H3,(H,37,38,40). The number of fused-ring (bicyclic) bond motifs is 1. The number of benzene rings is 2. The average Bonchev–Trinajstić information content (AvgIpc) is 3.08. The fourth-order valence-electron chi connectivity index (χ4n) is 5.52. The summed E-state index contributed by atoms with van der Waals surface area (Å²) in [6, 6.07) is 13.1. The summed E-state index contributed by atoms with van der Waals surface area (Å²) < 4.78 is 12.6. The van der Waals surface area contributed by atoms with E-state index < -0.39 is 0 Å². The number of anilines is 2. The Balaban J connectivity index is 1.45. The van der Waals surface area contributed by atoms with Crippen LogP contribution in [0.5, 0.6) is 11.5 Å². The lowest BCUT2D eigenvalue weighted by molar-refractivity contribution is -0.130. The summed E-state index contributed by atoms with van der Waals surface area (Å²) in [7, 11) is 3.07. The van der Waals surface area contributed by atoms with E-state index in [2.05, 4.69) is 33.7 Å². The van der Waals surface area contributed by atoms with Crippen molar-refractivity contribution in [1.82, 2.24) is 24.3 Å². The molecule has 12 heteroatoms. The van der Waals surface area contributed by atoms with Crippen LogP contribution in [0.15, 0.2) is 78.4 Å². The molecule has 2 aromatic heterocycles. The van der Waals surface area contributed by atoms with Crippen LogP contribution >= 0.6 is 11.6 Å². The third-order valence-corrected chi connectivity index (χ3v) is 8.63. The van der Waals surface area contributed by atoms with Gasteiger partial charge in [0, 0.05) is 92.9 Å². The van der Waals surface area contributed by atoms with Gasteiger partial charge in [0.2, 0.25) is 11.9 Å². The van der Waals surface area contributed by atoms with Gasteiger partial charge in [0.25, 0.3) is 5.56 Å². The van der Waals surface area contributed by atoms with Gasteiger partial charge in [0.05, 0.1) is 19.2 Å². The van der Waals surface area contributed by atoms with Crippen molar-refractivity contribution in [1.29, 1.82) is 0 Å². The summed E-state index contributed by atoms with van der Waals surface area (Å²) >= 11 is 6.74. The van der Waals surface area contributed by atoms with Gasteiger partial charge >= 0.3 is 0 Å². The number of nitrogens with one attached hydrogen (secondary N) is 2. The highest BCUT2D eigenvalue weighted by atomic mass is 35.5. The predicted molar refractivity (Wildman–Crippen MR) is 188 cm³/mol. The van der Waals surface area contributed by atoms with Crippen molar-refractivity contribution in [2.45, 2.75) is 19.9 Å². The summed E-state index contributed by atoms with van der Waals surface area (Å²) in [4.78, 5) is 39.4. The van der Waals surface area contributed by atoms with Crippen LogP contribution in [0.2, 0.25) is 5.02 Å². The molecule has 4 aromatic rings. The fourth-order valence-corrected chi connectivity index (χ4v) is 5.81. The second-order valence-electron chi connectivity index (χ2n) is 11.3. The van der Waals surface area contributed by atoms with E-state index in [1.165, 1.54) is 7.11 Å². The van der Waals surface area contributed by atoms with Crippen LogP contribution in [0.3, 0.4) is 0 Å². The number of aromatic nitrogens is 3. The van der Waals surface area contributed by atoms with E-state index in [4.69, 9.17) is 26.1 Å². The molecule has 2 N–H and O–H groups in total. The molecule has 0 atom stereocenters. The van der Waals surface area contributed by atoms with Crippen molar-refractivity contribution in [3.8, 4) is 22.6 Å². The zero-order valence-electron chi connectivity index (χ0n) is 27.0. The van der Waals surface area contributed by atoms with Crippen LogP contribution in [-0.4, -0.2) is 83.7 Å². The van der Waals surface area contributed by atoms with E-state index in [1.807, 2.05) is 29.2 Å². The second-order valence-corrected chi connectivity index (χ2v) is 11.6. The van der Waals surface area contributed by atoms with Gasteiger partial charge in [0.15, 0.2) is 0 Å². The Morgan fingerprint density at radius 1 is 1.04 bits per heavy atom. The van der Waals surface area contributed by atoms with Crippen LogP contribution in [0.1, 0.15) is 12.5 Å². The number of piperazine rings is 1. The maximum absolute atomic E-state index is 14.2. The van der Waals surface area contributed by atoms with Gasteiger partial charge in [-0.3, -0.25) is 19.1 Å². The van der Waals surface area contributed by atoms with Gasteiger partial charge in [-0.05, 0) is 42.3 Å². The molecule has 1 fully saturated rings. The molecule has 1 aliphatic heterocycles. The number of pyridine rings is 1. The number of allylic oxidation sites excluding steroid dienone is 1. The number of aryl methyl sites for hydroxylation is 2. The van der Waals surface area contributed by atoms with Crippen LogP contribution < -0.4 is 25.7 Å². The first-order valence-corrected chi connectivity index (χ1v) is 15.8. The molecule has 3 heterocycles. The van der Waals surface area contributed by atoms with E-state index in [0.29, 0.717) is 69.8 Å². The fraction of sp³-hybridized carbons (Fsp3) is 0.314. The van der Waals surface area contributed by atoms with Gasteiger partial charge in [-0.1, -0.05) is 36.9 Å². The zero-order valence-corrected chi connectivity index (χ0v) is 27.8. The summed E-state index contributed by atoms with van der Waals surface area (Å²) in [5.41, 5.74) is 3.79. The number of rotatable bonds is 13. The first-order valence-electron chi connectivity index (χ1n) is 15.4. The van der Waals surface area contributed by atoms with E-state index in [9.17, 15) is 9.59 Å². The summed E-state index contributed by atoms with van der Waals surface area (Å²) in [6.07, 6.45) is 3.95. The number of ether oxygens (including phenoxy) is 2. The van der Waals surface area contributed by atoms with Crippen molar-refractivity contribution >= 4 is 40.2 Å². The van der Waals surface area contributed by atoms with E-state index in [0.717, 1.165) is 44.0 Å². The molecule has 1 saturated heterocycles. The molecule has 0 bridgehead atoms. The van der Waals surface area contributed by atoms with Gasteiger partial charge in [-0.2, -0.15) is 4.98 Å². The lowest BCUT2D eigenvalue weighted by Gasteiger charge is -2.34. The highest BCUT2D eigenvalue weighted by Crippen LogP contribution is 2.38. The summed E-state index contributed by atoms with van der Waals surface area (Å²) in [5.74, 6) is 1.45. The number of amides is 1. The molecule has 5 rings (SSSR count). The Kier molecular flexibility index (Phi) is 10.8. The highest BCUT2D eigenvalue weighted by Gasteiger charge is 2.20. The minimum absolute atomic E-state index is 0.109. The Hall–Kier alpha value is -4.87. The molecule has 1 amide bonds. The minimum Gasteiger partial charge on any atom is -0.497 e. The van der Waals surface area contributed by atoms with Crippen LogP contribution in [0.25, 0.3) is 22.2 Å². The third-order valence-electron chi connectivity index (χ3n) is 8.24. The summed E-state index contributed by atoms with van der Waals surface area (Å²) in [5, 5.41) is 7.49. The SMILES string of the molecule is C=CC(=C)Nc1ccc(CCn2c(=O)c(-c3cc(OC)cc(OC)c3Cl)cc3cnc(NCCN4CCN(C(C)=O)CC4)nc32)cc1. The lowest BCUT2D eigenvalue weighted by atomic mass is 10.0. The van der Waals surface area contributed by atoms with Crippen molar-refractivity contribution in [2.75, 3.05) is 64.1 Å². The maximum atomic E-state index is 14.2. The Morgan fingerprint density at radius 2 is 1.79 bits per heavy atom. The normalized spacial score (nSPS) is 13.3. The van der Waals surface area contributed by atoms with E-state index >= 15 is 0 Å². The molecule has 0 radical (unpaired) electrons. The monoisotopic (exact) mass is 657 g/mol. The van der Waals surface area contributed by atoms with Gasteiger partial charge < -0.3 is 25.0 Å². The topological polar surface area (TPSA) is 114 Å². The molecular weight excluding hydrogens is 618 g/mol. The molecule has 0 unspecified atom stereocenters. The number of carbonyl (C=O) groups excluding carboxylic acids is 1. The molecule has 0 aliphatic carbocycles. The van der Waals surface area contributed by atoms with E-state index in [-0.39, 0.29) is 11.5 Å². The average molecular weight is 658 g/mol. The van der Waals surface area contributed by atoms with Crippen LogP contribution in [0.4, 0.5) is 11.6 Å². The zero-order chi connectivity index (χ0) is 33.5. The lowest BCUT2D eigenvalue weighted by Crippen LogP contribution is -2.49. The molecule has 0 saturated carbocycles. The first kappa shape index (κ1) is 33.5. The molecule has 1 aliphatic rings. The smallest absolute Gasteiger partial charge is 0.260 e. The van der Waals surface area contributed by atoms with Crippen LogP contribution in [0, 0.1) is 0 Å². The third kappa shape index (κ3) is 7.93. The predicted octanol–water partition coefficient (Wildman–Crippen LogP) is 5.06. The van der Waals surface area contributed by atoms with Crippen molar-refractivity contribution < 1.29 is 14.3 Å². The number of carbonyl (C=O) groups is 1. The van der Waals surface area contributed by atoms with Crippen molar-refractivity contribution in [3.63, 3.8) is 0 Å². The minimum atomic E-state index is -0.247. The Morgan fingerprint density at radius 3 is 2.45 bits per heavy atom. The number of nitrogens with zero attached hydrogens (tertiary/aromatic N) is 5. The molecular formula is C35H40ClN7O4. The van der Waals surface area contributed by atoms with Gasteiger partial charge in [-0.15, -0.1) is 0 Å². The summed E-state index contributed by atoms with van der Waals surface area (Å²) in [6.45, 7) is 14.1. The van der Waals surface area contributed by atoms with Crippen molar-refractivity contribution in [2.24, 2.45) is 0 Å². The molecule has 2 aromatic carbocycles. The molecule has 0 spiro atoms. The van der Waals surface area contributed by atoms with Gasteiger partial charge in [0.1, 0.15) is 17.1 Å². The van der Waals surface area contributed by atoms with Gasteiger partial charge in [-0.25, -0.2) is 4.98 Å². The molecule has 47 heavy (non-hydrogen) atoms. The van der Waals surface area contributed by atoms with Crippen molar-refractivity contribution in [3.05, 3.63) is 94.5 Å². The number of methoxy groups -OCH3 is 2.